The van der Waals surface area contributed by atoms with Crippen molar-refractivity contribution in [2.24, 2.45) is 0 Å². The molecular formula is C20H21N2O5-. The van der Waals surface area contributed by atoms with Crippen molar-refractivity contribution in [2.45, 2.75) is 6.42 Å². The number of allylic oxidation sites excluding steroid dienone is 1. The molecule has 3 rings (SSSR count). The van der Waals surface area contributed by atoms with Crippen LogP contribution in [0, 0.1) is 5.21 Å². The molecule has 0 atom stereocenters. The maximum atomic E-state index is 13.1. The summed E-state index contributed by atoms with van der Waals surface area (Å²) in [6.45, 7) is 0.646. The van der Waals surface area contributed by atoms with Gasteiger partial charge in [0.2, 0.25) is 5.78 Å². The molecule has 0 aromatic heterocycles. The number of benzene rings is 2. The second-order valence-corrected chi connectivity index (χ2v) is 6.26. The first-order valence-electron chi connectivity index (χ1n) is 8.43. The minimum absolute atomic E-state index is 0.00420. The topological polar surface area (TPSA) is 85.3 Å². The van der Waals surface area contributed by atoms with Crippen LogP contribution in [0.2, 0.25) is 0 Å². The molecule has 2 aromatic carbocycles. The van der Waals surface area contributed by atoms with Gasteiger partial charge in [0.15, 0.2) is 11.5 Å². The van der Waals surface area contributed by atoms with E-state index in [1.54, 1.807) is 26.4 Å². The maximum Gasteiger partial charge on any atom is 0.209 e. The smallest absolute Gasteiger partial charge is 0.209 e. The molecule has 142 valence electrons. The molecule has 7 nitrogen and oxygen atoms in total. The second-order valence-electron chi connectivity index (χ2n) is 6.26. The van der Waals surface area contributed by atoms with Gasteiger partial charge in [-0.2, -0.15) is 0 Å². The molecule has 0 bridgehead atoms. The van der Waals surface area contributed by atoms with Crippen LogP contribution in [0.1, 0.15) is 21.5 Å². The highest BCUT2D eigenvalue weighted by atomic mass is 16.8. The van der Waals surface area contributed by atoms with E-state index in [4.69, 9.17) is 14.7 Å². The predicted molar refractivity (Wildman–Crippen MR) is 102 cm³/mol. The van der Waals surface area contributed by atoms with Gasteiger partial charge < -0.3 is 24.8 Å². The van der Waals surface area contributed by atoms with Crippen LogP contribution in [0.15, 0.2) is 42.1 Å². The third kappa shape index (κ3) is 3.74. The SMILES string of the molecule is COc1cc2c(cc1OC)CCN(C)C(C(=O)c1cccc(N([O-])O)c1)=C2. The zero-order valence-corrected chi connectivity index (χ0v) is 15.4. The van der Waals surface area contributed by atoms with E-state index in [-0.39, 0.29) is 16.7 Å². The Labute approximate surface area is 157 Å². The molecule has 0 unspecified atom stereocenters. The number of rotatable bonds is 5. The van der Waals surface area contributed by atoms with Gasteiger partial charge in [-0.1, -0.05) is 12.1 Å². The Morgan fingerprint density at radius 1 is 1.19 bits per heavy atom. The Morgan fingerprint density at radius 3 is 2.56 bits per heavy atom. The number of nitrogens with zero attached hydrogens (tertiary/aromatic N) is 2. The van der Waals surface area contributed by atoms with Crippen LogP contribution < -0.4 is 14.7 Å². The Balaban J connectivity index is 2.05. The number of Topliss-reactive ketones (excluding diaryl/α,β-unsaturated/α-hetero) is 1. The molecule has 0 radical (unpaired) electrons. The number of carbonyl (C=O) groups excluding carboxylic acids is 1. The number of hydrogen-bond donors (Lipinski definition) is 1. The lowest BCUT2D eigenvalue weighted by molar-refractivity contribution is 0.100. The zero-order valence-electron chi connectivity index (χ0n) is 15.4. The number of anilines is 1. The molecule has 27 heavy (non-hydrogen) atoms. The summed E-state index contributed by atoms with van der Waals surface area (Å²) in [4.78, 5) is 14.9. The first-order valence-corrected chi connectivity index (χ1v) is 8.43. The first-order chi connectivity index (χ1) is 12.9. The highest BCUT2D eigenvalue weighted by Crippen LogP contribution is 2.34. The van der Waals surface area contributed by atoms with Gasteiger partial charge in [-0.15, -0.1) is 0 Å². The summed E-state index contributed by atoms with van der Waals surface area (Å²) >= 11 is 0. The van der Waals surface area contributed by atoms with E-state index >= 15 is 0 Å². The highest BCUT2D eigenvalue weighted by molar-refractivity contribution is 6.11. The molecule has 1 N–H and O–H groups in total. The van der Waals surface area contributed by atoms with E-state index in [1.807, 2.05) is 30.2 Å². The molecule has 1 aliphatic heterocycles. The third-order valence-corrected chi connectivity index (χ3v) is 4.63. The largest absolute Gasteiger partial charge is 0.733 e. The molecule has 1 aliphatic rings. The summed E-state index contributed by atoms with van der Waals surface area (Å²) in [5.74, 6) is 1.00. The molecular weight excluding hydrogens is 348 g/mol. The van der Waals surface area contributed by atoms with Crippen LogP contribution in [-0.4, -0.2) is 43.7 Å². The first kappa shape index (κ1) is 18.8. The molecule has 0 fully saturated rings. The Kier molecular flexibility index (Phi) is 5.34. The van der Waals surface area contributed by atoms with Crippen molar-refractivity contribution in [3.8, 4) is 11.5 Å². The van der Waals surface area contributed by atoms with E-state index in [1.165, 1.54) is 12.1 Å². The van der Waals surface area contributed by atoms with Crippen LogP contribution in [-0.2, 0) is 6.42 Å². The second kappa shape index (κ2) is 7.69. The number of hydrogen-bond acceptors (Lipinski definition) is 7. The summed E-state index contributed by atoms with van der Waals surface area (Å²) in [6.07, 6.45) is 2.55. The maximum absolute atomic E-state index is 13.1. The minimum Gasteiger partial charge on any atom is -0.733 e. The molecule has 0 saturated heterocycles. The van der Waals surface area contributed by atoms with Crippen LogP contribution in [0.5, 0.6) is 11.5 Å². The molecule has 0 spiro atoms. The van der Waals surface area contributed by atoms with Gasteiger partial charge in [0.05, 0.1) is 25.6 Å². The zero-order chi connectivity index (χ0) is 19.6. The normalized spacial score (nSPS) is 13.4. The predicted octanol–water partition coefficient (Wildman–Crippen LogP) is 3.11. The standard InChI is InChI=1S/C20H21N2O5/c1-21-8-7-13-11-18(26-2)19(27-3)12-15(13)10-17(21)20(23)14-5-4-6-16(9-14)22(24)25/h4-6,9-12,24H,7-8H2,1-3H3/q-1. The van der Waals surface area contributed by atoms with Crippen LogP contribution in [0.4, 0.5) is 5.69 Å². The van der Waals surface area contributed by atoms with Crippen molar-refractivity contribution in [1.82, 2.24) is 4.90 Å². The fourth-order valence-corrected chi connectivity index (χ4v) is 3.11. The average Bonchev–Trinajstić information content (AvgIpc) is 2.85. The Hall–Kier alpha value is -3.03. The number of carbonyl (C=O) groups is 1. The monoisotopic (exact) mass is 369 g/mol. The molecule has 7 heteroatoms. The van der Waals surface area contributed by atoms with Crippen molar-refractivity contribution in [3.63, 3.8) is 0 Å². The number of likely N-dealkylation sites (N-methyl/N-ethyl adjacent to an activating group) is 1. The molecule has 2 aromatic rings. The molecule has 0 saturated carbocycles. The average molecular weight is 369 g/mol. The summed E-state index contributed by atoms with van der Waals surface area (Å²) in [7, 11) is 5.00. The summed E-state index contributed by atoms with van der Waals surface area (Å²) in [6, 6.07) is 9.75. The van der Waals surface area contributed by atoms with Crippen LogP contribution in [0.25, 0.3) is 6.08 Å². The van der Waals surface area contributed by atoms with Gasteiger partial charge in [0.1, 0.15) is 0 Å². The Bertz CT molecular complexity index is 892. The van der Waals surface area contributed by atoms with Gasteiger partial charge in [0.25, 0.3) is 0 Å². The molecule has 0 aliphatic carbocycles. The number of ketones is 1. The molecule has 1 heterocycles. The lowest BCUT2D eigenvalue weighted by Gasteiger charge is -2.23. The van der Waals surface area contributed by atoms with E-state index < -0.39 is 0 Å². The number of fused-ring (bicyclic) bond motifs is 1. The third-order valence-electron chi connectivity index (χ3n) is 4.63. The van der Waals surface area contributed by atoms with Crippen molar-refractivity contribution >= 4 is 17.5 Å². The number of ether oxygens (including phenoxy) is 2. The quantitative estimate of drug-likeness (QED) is 0.640. The van der Waals surface area contributed by atoms with Gasteiger partial charge in [-0.3, -0.25) is 10.0 Å². The van der Waals surface area contributed by atoms with Crippen molar-refractivity contribution in [3.05, 3.63) is 64.0 Å². The fraction of sp³-hybridized carbons (Fsp3) is 0.250. The van der Waals surface area contributed by atoms with Gasteiger partial charge in [-0.25, -0.2) is 0 Å². The van der Waals surface area contributed by atoms with Crippen molar-refractivity contribution in [2.75, 3.05) is 33.0 Å². The van der Waals surface area contributed by atoms with Crippen LogP contribution in [0.3, 0.4) is 0 Å². The summed E-state index contributed by atoms with van der Waals surface area (Å²) < 4.78 is 10.7. The summed E-state index contributed by atoms with van der Waals surface area (Å²) in [5.41, 5.74) is 2.75. The Morgan fingerprint density at radius 2 is 1.89 bits per heavy atom. The summed E-state index contributed by atoms with van der Waals surface area (Å²) in [5, 5.41) is 20.0. The highest BCUT2D eigenvalue weighted by Gasteiger charge is 2.22. The van der Waals surface area contributed by atoms with Crippen molar-refractivity contribution < 1.29 is 19.5 Å². The fourth-order valence-electron chi connectivity index (χ4n) is 3.11. The minimum atomic E-state index is -0.256. The van der Waals surface area contributed by atoms with Gasteiger partial charge >= 0.3 is 0 Å². The van der Waals surface area contributed by atoms with E-state index in [0.29, 0.717) is 29.3 Å². The van der Waals surface area contributed by atoms with E-state index in [9.17, 15) is 10.0 Å². The lowest BCUT2D eigenvalue weighted by Crippen LogP contribution is -2.24. The van der Waals surface area contributed by atoms with Crippen LogP contribution >= 0.6 is 0 Å². The lowest BCUT2D eigenvalue weighted by atomic mass is 10.0. The van der Waals surface area contributed by atoms with E-state index in [0.717, 1.165) is 17.5 Å². The molecule has 0 amide bonds. The van der Waals surface area contributed by atoms with Crippen molar-refractivity contribution in [1.29, 1.82) is 0 Å². The van der Waals surface area contributed by atoms with Gasteiger partial charge in [-0.05, 0) is 47.9 Å². The van der Waals surface area contributed by atoms with Gasteiger partial charge in [0, 0.05) is 19.2 Å². The van der Waals surface area contributed by atoms with E-state index in [2.05, 4.69) is 0 Å². The number of methoxy groups -OCH3 is 2.